The van der Waals surface area contributed by atoms with Crippen LogP contribution in [-0.2, 0) is 11.3 Å². The van der Waals surface area contributed by atoms with E-state index in [4.69, 9.17) is 0 Å². The van der Waals surface area contributed by atoms with Crippen LogP contribution in [0.1, 0.15) is 24.6 Å². The largest absolute Gasteiger partial charge is 0.309 e. The standard InChI is InChI=1S/C17H22N6O2/c1-13-7-17(25)21(12-18-13)6-5-20-9-15(10-20)23-11-14(8-19-23)22-4-2-3-16(22)24/h7-8,11-12,15H,2-6,9-10H2,1H3. The van der Waals surface area contributed by atoms with Crippen molar-refractivity contribution >= 4 is 11.6 Å². The summed E-state index contributed by atoms with van der Waals surface area (Å²) in [6.45, 7) is 5.89. The van der Waals surface area contributed by atoms with E-state index in [-0.39, 0.29) is 11.5 Å². The van der Waals surface area contributed by atoms with Gasteiger partial charge in [-0.15, -0.1) is 0 Å². The van der Waals surface area contributed by atoms with E-state index in [0.717, 1.165) is 44.0 Å². The van der Waals surface area contributed by atoms with Gasteiger partial charge in [-0.25, -0.2) is 4.98 Å². The molecule has 0 radical (unpaired) electrons. The number of nitrogens with zero attached hydrogens (tertiary/aromatic N) is 6. The van der Waals surface area contributed by atoms with E-state index in [9.17, 15) is 9.59 Å². The van der Waals surface area contributed by atoms with Gasteiger partial charge in [0.2, 0.25) is 5.91 Å². The average Bonchev–Trinajstić information content (AvgIpc) is 3.16. The van der Waals surface area contributed by atoms with Gasteiger partial charge in [-0.05, 0) is 13.3 Å². The van der Waals surface area contributed by atoms with Crippen LogP contribution in [0, 0.1) is 6.92 Å². The van der Waals surface area contributed by atoms with E-state index in [2.05, 4.69) is 15.0 Å². The van der Waals surface area contributed by atoms with E-state index in [1.165, 1.54) is 0 Å². The lowest BCUT2D eigenvalue weighted by Crippen LogP contribution is -2.49. The number of anilines is 1. The highest BCUT2D eigenvalue weighted by Crippen LogP contribution is 2.25. The van der Waals surface area contributed by atoms with Crippen LogP contribution in [0.25, 0.3) is 0 Å². The van der Waals surface area contributed by atoms with Crippen molar-refractivity contribution in [1.82, 2.24) is 24.2 Å². The second kappa shape index (κ2) is 6.44. The lowest BCUT2D eigenvalue weighted by molar-refractivity contribution is -0.117. The molecule has 0 aromatic carbocycles. The van der Waals surface area contributed by atoms with Gasteiger partial charge in [0.05, 0.1) is 24.3 Å². The van der Waals surface area contributed by atoms with Gasteiger partial charge in [-0.2, -0.15) is 5.10 Å². The maximum absolute atomic E-state index is 11.9. The van der Waals surface area contributed by atoms with E-state index < -0.39 is 0 Å². The lowest BCUT2D eigenvalue weighted by Gasteiger charge is -2.39. The molecule has 2 fully saturated rings. The van der Waals surface area contributed by atoms with Crippen LogP contribution in [0.3, 0.4) is 0 Å². The fourth-order valence-electron chi connectivity index (χ4n) is 3.41. The fraction of sp³-hybridized carbons (Fsp3) is 0.529. The number of carbonyl (C=O) groups is 1. The molecule has 25 heavy (non-hydrogen) atoms. The van der Waals surface area contributed by atoms with Gasteiger partial charge < -0.3 is 4.90 Å². The Morgan fingerprint density at radius 3 is 2.80 bits per heavy atom. The van der Waals surface area contributed by atoms with Crippen LogP contribution >= 0.6 is 0 Å². The number of aryl methyl sites for hydroxylation is 1. The van der Waals surface area contributed by atoms with Crippen molar-refractivity contribution in [3.8, 4) is 0 Å². The highest BCUT2D eigenvalue weighted by atomic mass is 16.2. The summed E-state index contributed by atoms with van der Waals surface area (Å²) >= 11 is 0. The SMILES string of the molecule is Cc1cc(=O)n(CCN2CC(n3cc(N4CCCC4=O)cn3)C2)cn1. The Kier molecular flexibility index (Phi) is 4.12. The van der Waals surface area contributed by atoms with Gasteiger partial charge in [-0.1, -0.05) is 0 Å². The van der Waals surface area contributed by atoms with Crippen molar-refractivity contribution < 1.29 is 4.79 Å². The van der Waals surface area contributed by atoms with Gasteiger partial charge in [0, 0.05) is 57.1 Å². The normalized spacial score (nSPS) is 18.8. The summed E-state index contributed by atoms with van der Waals surface area (Å²) in [5, 5.41) is 4.42. The first-order valence-corrected chi connectivity index (χ1v) is 8.70. The van der Waals surface area contributed by atoms with Crippen LogP contribution in [0.4, 0.5) is 5.69 Å². The molecule has 132 valence electrons. The lowest BCUT2D eigenvalue weighted by atomic mass is 10.1. The monoisotopic (exact) mass is 342 g/mol. The quantitative estimate of drug-likeness (QED) is 0.788. The molecule has 4 rings (SSSR count). The smallest absolute Gasteiger partial charge is 0.253 e. The molecule has 0 unspecified atom stereocenters. The molecule has 0 aliphatic carbocycles. The maximum Gasteiger partial charge on any atom is 0.253 e. The number of rotatable bonds is 5. The summed E-state index contributed by atoms with van der Waals surface area (Å²) in [6.07, 6.45) is 6.93. The summed E-state index contributed by atoms with van der Waals surface area (Å²) in [6, 6.07) is 1.89. The molecule has 2 aliphatic heterocycles. The molecular weight excluding hydrogens is 320 g/mol. The summed E-state index contributed by atoms with van der Waals surface area (Å²) in [7, 11) is 0. The number of likely N-dealkylation sites (tertiary alicyclic amines) is 1. The number of aromatic nitrogens is 4. The minimum atomic E-state index is -0.00317. The summed E-state index contributed by atoms with van der Waals surface area (Å²) in [4.78, 5) is 31.9. The van der Waals surface area contributed by atoms with E-state index >= 15 is 0 Å². The summed E-state index contributed by atoms with van der Waals surface area (Å²) in [5.41, 5.74) is 1.64. The van der Waals surface area contributed by atoms with Crippen molar-refractivity contribution in [3.05, 3.63) is 40.8 Å². The third-order valence-electron chi connectivity index (χ3n) is 4.96. The van der Waals surface area contributed by atoms with Gasteiger partial charge >= 0.3 is 0 Å². The summed E-state index contributed by atoms with van der Waals surface area (Å²) in [5.74, 6) is 0.187. The maximum atomic E-state index is 11.9. The Morgan fingerprint density at radius 2 is 2.08 bits per heavy atom. The molecular formula is C17H22N6O2. The molecule has 0 atom stereocenters. The molecule has 8 nitrogen and oxygen atoms in total. The molecule has 2 saturated heterocycles. The van der Waals surface area contributed by atoms with Crippen LogP contribution in [0.5, 0.6) is 0 Å². The van der Waals surface area contributed by atoms with Crippen molar-refractivity contribution in [2.24, 2.45) is 0 Å². The first kappa shape index (κ1) is 16.0. The Morgan fingerprint density at radius 1 is 1.24 bits per heavy atom. The Bertz CT molecular complexity index is 836. The van der Waals surface area contributed by atoms with Crippen molar-refractivity contribution in [1.29, 1.82) is 0 Å². The second-order valence-electron chi connectivity index (χ2n) is 6.80. The van der Waals surface area contributed by atoms with Gasteiger partial charge in [0.25, 0.3) is 5.56 Å². The topological polar surface area (TPSA) is 76.3 Å². The molecule has 8 heteroatoms. The first-order valence-electron chi connectivity index (χ1n) is 8.70. The molecule has 0 spiro atoms. The third-order valence-corrected chi connectivity index (χ3v) is 4.96. The minimum absolute atomic E-state index is 0.00317. The first-order chi connectivity index (χ1) is 12.1. The zero-order valence-corrected chi connectivity index (χ0v) is 14.3. The van der Waals surface area contributed by atoms with E-state index in [0.29, 0.717) is 19.0 Å². The Hall–Kier alpha value is -2.48. The van der Waals surface area contributed by atoms with Crippen molar-refractivity contribution in [3.63, 3.8) is 0 Å². The predicted molar refractivity (Wildman–Crippen MR) is 92.5 cm³/mol. The highest BCUT2D eigenvalue weighted by molar-refractivity contribution is 5.95. The van der Waals surface area contributed by atoms with Crippen LogP contribution in [-0.4, -0.2) is 56.3 Å². The highest BCUT2D eigenvalue weighted by Gasteiger charge is 2.30. The molecule has 2 aliphatic rings. The Balaban J connectivity index is 1.30. The molecule has 1 amide bonds. The number of amides is 1. The van der Waals surface area contributed by atoms with E-state index in [1.54, 1.807) is 23.2 Å². The molecule has 2 aromatic heterocycles. The van der Waals surface area contributed by atoms with Gasteiger partial charge in [0.1, 0.15) is 0 Å². The zero-order valence-electron chi connectivity index (χ0n) is 14.3. The third kappa shape index (κ3) is 3.21. The number of hydrogen-bond donors (Lipinski definition) is 0. The molecule has 0 N–H and O–H groups in total. The van der Waals surface area contributed by atoms with Crippen LogP contribution in [0.2, 0.25) is 0 Å². The minimum Gasteiger partial charge on any atom is -0.309 e. The van der Waals surface area contributed by atoms with Gasteiger partial charge in [-0.3, -0.25) is 23.7 Å². The predicted octanol–water partition coefficient (Wildman–Crippen LogP) is 0.432. The molecule has 0 saturated carbocycles. The van der Waals surface area contributed by atoms with E-state index in [1.807, 2.05) is 22.7 Å². The van der Waals surface area contributed by atoms with Crippen LogP contribution in [0.15, 0.2) is 29.6 Å². The van der Waals surface area contributed by atoms with Gasteiger partial charge in [0.15, 0.2) is 0 Å². The van der Waals surface area contributed by atoms with Crippen LogP contribution < -0.4 is 10.5 Å². The fourth-order valence-corrected chi connectivity index (χ4v) is 3.41. The van der Waals surface area contributed by atoms with Crippen molar-refractivity contribution in [2.45, 2.75) is 32.4 Å². The number of hydrogen-bond acceptors (Lipinski definition) is 5. The Labute approximate surface area is 145 Å². The average molecular weight is 342 g/mol. The molecule has 2 aromatic rings. The second-order valence-corrected chi connectivity index (χ2v) is 6.80. The van der Waals surface area contributed by atoms with Crippen molar-refractivity contribution in [2.75, 3.05) is 31.1 Å². The zero-order chi connectivity index (χ0) is 17.4. The molecule has 4 heterocycles. The molecule has 0 bridgehead atoms. The number of carbonyl (C=O) groups excluding carboxylic acids is 1. The summed E-state index contributed by atoms with van der Waals surface area (Å²) < 4.78 is 3.60.